The van der Waals surface area contributed by atoms with Crippen LogP contribution in [0.4, 0.5) is 5.82 Å². The zero-order valence-electron chi connectivity index (χ0n) is 17.5. The van der Waals surface area contributed by atoms with Crippen LogP contribution < -0.4 is 11.3 Å². The molecule has 0 unspecified atom stereocenters. The number of hydrazine groups is 1. The van der Waals surface area contributed by atoms with Crippen LogP contribution in [0.5, 0.6) is 0 Å². The minimum absolute atomic E-state index is 0.647. The molecule has 8 nitrogen and oxygen atoms in total. The normalized spacial score (nSPS) is 10.9. The van der Waals surface area contributed by atoms with Gasteiger partial charge in [-0.05, 0) is 39.8 Å². The first-order valence-corrected chi connectivity index (χ1v) is 11.3. The van der Waals surface area contributed by atoms with E-state index in [1.807, 2.05) is 24.5 Å². The highest BCUT2D eigenvalue weighted by molar-refractivity contribution is 7.98. The van der Waals surface area contributed by atoms with Crippen molar-refractivity contribution in [2.24, 2.45) is 5.84 Å². The Morgan fingerprint density at radius 1 is 1.03 bits per heavy atom. The van der Waals surface area contributed by atoms with Crippen molar-refractivity contribution in [3.63, 3.8) is 0 Å². The predicted molar refractivity (Wildman–Crippen MR) is 123 cm³/mol. The number of nitrogen functional groups attached to an aromatic ring is 1. The molecule has 0 fully saturated rings. The Labute approximate surface area is 185 Å². The van der Waals surface area contributed by atoms with Crippen molar-refractivity contribution in [2.75, 3.05) is 11.7 Å². The number of rotatable bonds is 8. The second-order valence-electron chi connectivity index (χ2n) is 7.05. The third-order valence-corrected chi connectivity index (χ3v) is 5.60. The first-order valence-electron chi connectivity index (χ1n) is 10.1. The van der Waals surface area contributed by atoms with Gasteiger partial charge in [0.25, 0.3) is 0 Å². The van der Waals surface area contributed by atoms with Crippen LogP contribution in [0.15, 0.2) is 53.7 Å². The van der Waals surface area contributed by atoms with Gasteiger partial charge in [0, 0.05) is 17.5 Å². The van der Waals surface area contributed by atoms with Crippen molar-refractivity contribution >= 4 is 17.6 Å². The molecular weight excluding hydrogens is 408 g/mol. The highest BCUT2D eigenvalue weighted by Gasteiger charge is 2.15. The van der Waals surface area contributed by atoms with Crippen molar-refractivity contribution in [3.8, 4) is 22.5 Å². The van der Waals surface area contributed by atoms with Gasteiger partial charge in [-0.3, -0.25) is 0 Å². The van der Waals surface area contributed by atoms with Gasteiger partial charge in [0.1, 0.15) is 5.82 Å². The second kappa shape index (κ2) is 9.67. The summed E-state index contributed by atoms with van der Waals surface area (Å²) in [6, 6.07) is 16.5. The minimum Gasteiger partial charge on any atom is -0.308 e. The zero-order chi connectivity index (χ0) is 21.6. The smallest absolute Gasteiger partial charge is 0.189 e. The van der Waals surface area contributed by atoms with Gasteiger partial charge in [-0.2, -0.15) is 0 Å². The number of benzene rings is 2. The lowest BCUT2D eigenvalue weighted by molar-refractivity contribution is 0.805. The maximum absolute atomic E-state index is 5.79. The van der Waals surface area contributed by atoms with E-state index >= 15 is 0 Å². The predicted octanol–water partition coefficient (Wildman–Crippen LogP) is 3.87. The summed E-state index contributed by atoms with van der Waals surface area (Å²) in [5, 5.41) is 15.0. The summed E-state index contributed by atoms with van der Waals surface area (Å²) < 4.78 is 0. The van der Waals surface area contributed by atoms with Crippen molar-refractivity contribution < 1.29 is 0 Å². The third kappa shape index (κ3) is 4.57. The molecule has 0 bridgehead atoms. The molecule has 0 saturated heterocycles. The van der Waals surface area contributed by atoms with E-state index in [1.54, 1.807) is 0 Å². The molecule has 31 heavy (non-hydrogen) atoms. The lowest BCUT2D eigenvalue weighted by atomic mass is 9.96. The maximum Gasteiger partial charge on any atom is 0.189 e. The molecule has 4 N–H and O–H groups in total. The maximum atomic E-state index is 5.79. The van der Waals surface area contributed by atoms with E-state index in [-0.39, 0.29) is 0 Å². The average Bonchev–Trinajstić information content (AvgIpc) is 3.35. The summed E-state index contributed by atoms with van der Waals surface area (Å²) in [7, 11) is 0. The monoisotopic (exact) mass is 432 g/mol. The Morgan fingerprint density at radius 2 is 1.81 bits per heavy atom. The first-order chi connectivity index (χ1) is 15.2. The molecule has 0 aliphatic heterocycles. The number of anilines is 1. The fourth-order valence-electron chi connectivity index (χ4n) is 3.57. The van der Waals surface area contributed by atoms with Crippen LogP contribution in [-0.2, 0) is 12.8 Å². The topological polar surface area (TPSA) is 118 Å². The summed E-state index contributed by atoms with van der Waals surface area (Å²) in [6.07, 6.45) is 4.57. The molecule has 2 aromatic carbocycles. The number of aryl methyl sites for hydroxylation is 1. The number of hydrogen-bond donors (Lipinski definition) is 3. The molecule has 2 heterocycles. The minimum atomic E-state index is 0.647. The van der Waals surface area contributed by atoms with Gasteiger partial charge in [-0.15, -0.1) is 5.10 Å². The van der Waals surface area contributed by atoms with Gasteiger partial charge in [-0.25, -0.2) is 20.9 Å². The number of H-pyrrole nitrogens is 1. The highest BCUT2D eigenvalue weighted by atomic mass is 32.2. The van der Waals surface area contributed by atoms with E-state index in [2.05, 4.69) is 68.3 Å². The van der Waals surface area contributed by atoms with E-state index < -0.39 is 0 Å². The number of nitrogens with zero attached hydrogens (tertiary/aromatic N) is 5. The number of hydrogen-bond acceptors (Lipinski definition) is 8. The van der Waals surface area contributed by atoms with Crippen molar-refractivity contribution in [1.29, 1.82) is 0 Å². The molecule has 0 radical (unpaired) electrons. The van der Waals surface area contributed by atoms with E-state index in [4.69, 9.17) is 10.8 Å². The van der Waals surface area contributed by atoms with Crippen molar-refractivity contribution in [3.05, 3.63) is 65.4 Å². The average molecular weight is 433 g/mol. The van der Waals surface area contributed by atoms with Crippen molar-refractivity contribution in [1.82, 2.24) is 30.6 Å². The molecule has 0 aliphatic rings. The summed E-state index contributed by atoms with van der Waals surface area (Å²) >= 11 is 1.52. The first kappa shape index (κ1) is 21.0. The Hall–Kier alpha value is -3.30. The molecule has 0 aliphatic carbocycles. The lowest BCUT2D eigenvalue weighted by Gasteiger charge is -2.15. The van der Waals surface area contributed by atoms with Gasteiger partial charge in [0.15, 0.2) is 11.0 Å². The van der Waals surface area contributed by atoms with E-state index in [0.29, 0.717) is 18.1 Å². The van der Waals surface area contributed by atoms with E-state index in [0.717, 1.165) is 51.5 Å². The summed E-state index contributed by atoms with van der Waals surface area (Å²) in [4.78, 5) is 9.27. The molecular formula is C22H24N8S. The fourth-order valence-corrected chi connectivity index (χ4v) is 3.95. The molecule has 0 spiro atoms. The third-order valence-electron chi connectivity index (χ3n) is 5.05. The van der Waals surface area contributed by atoms with Gasteiger partial charge >= 0.3 is 0 Å². The summed E-state index contributed by atoms with van der Waals surface area (Å²) in [6.45, 7) is 2.15. The molecule has 0 atom stereocenters. The number of thioether (sulfide) groups is 1. The fraction of sp³-hybridized carbons (Fsp3) is 0.227. The van der Waals surface area contributed by atoms with E-state index in [1.165, 1.54) is 11.8 Å². The molecule has 4 aromatic rings. The van der Waals surface area contributed by atoms with Gasteiger partial charge in [0.2, 0.25) is 0 Å². The molecule has 0 saturated carbocycles. The molecule has 2 aromatic heterocycles. The van der Waals surface area contributed by atoms with Crippen molar-refractivity contribution in [2.45, 2.75) is 31.3 Å². The Kier molecular flexibility index (Phi) is 6.54. The highest BCUT2D eigenvalue weighted by Crippen LogP contribution is 2.30. The Balaban J connectivity index is 1.65. The van der Waals surface area contributed by atoms with Crippen LogP contribution in [0.25, 0.3) is 22.5 Å². The number of aromatic amines is 1. The Morgan fingerprint density at radius 3 is 2.45 bits per heavy atom. The SMILES string of the molecule is CCCc1nc(SC)nc(NN)c1Cc1ccc(-c2ccccc2-c2nnn[nH]2)cc1. The number of aromatic nitrogens is 6. The van der Waals surface area contributed by atoms with Gasteiger partial charge in [0.05, 0.1) is 5.69 Å². The van der Waals surface area contributed by atoms with Crippen LogP contribution in [0.1, 0.15) is 30.2 Å². The van der Waals surface area contributed by atoms with Crippen LogP contribution in [0.3, 0.4) is 0 Å². The standard InChI is InChI=1S/C22H24N8S/c1-3-6-19-18(20(26-23)25-22(24-19)31-2)13-14-9-11-15(12-10-14)16-7-4-5-8-17(16)21-27-29-30-28-21/h4-5,7-12H,3,6,13,23H2,1-2H3,(H,24,25,26)(H,27,28,29,30). The van der Waals surface area contributed by atoms with Crippen LogP contribution in [-0.4, -0.2) is 36.8 Å². The van der Waals surface area contributed by atoms with Crippen LogP contribution in [0, 0.1) is 0 Å². The number of nitrogens with two attached hydrogens (primary N) is 1. The molecule has 158 valence electrons. The largest absolute Gasteiger partial charge is 0.308 e. The molecule has 0 amide bonds. The van der Waals surface area contributed by atoms with Gasteiger partial charge < -0.3 is 5.43 Å². The molecule has 4 rings (SSSR count). The quantitative estimate of drug-likeness (QED) is 0.166. The van der Waals surface area contributed by atoms with Crippen LogP contribution >= 0.6 is 11.8 Å². The Bertz CT molecular complexity index is 1140. The summed E-state index contributed by atoms with van der Waals surface area (Å²) in [5.41, 5.74) is 9.13. The molecule has 9 heteroatoms. The van der Waals surface area contributed by atoms with Crippen LogP contribution in [0.2, 0.25) is 0 Å². The summed E-state index contributed by atoms with van der Waals surface area (Å²) in [5.74, 6) is 7.12. The number of nitrogens with one attached hydrogen (secondary N) is 2. The lowest BCUT2D eigenvalue weighted by Crippen LogP contribution is -2.15. The zero-order valence-corrected chi connectivity index (χ0v) is 18.3. The van der Waals surface area contributed by atoms with E-state index in [9.17, 15) is 0 Å². The van der Waals surface area contributed by atoms with Gasteiger partial charge in [-0.1, -0.05) is 73.6 Å². The number of tetrazole rings is 1. The second-order valence-corrected chi connectivity index (χ2v) is 7.82.